The molecule has 0 radical (unpaired) electrons. The lowest BCUT2D eigenvalue weighted by Gasteiger charge is -2.29. The number of nitrogens with one attached hydrogen (secondary N) is 2. The summed E-state index contributed by atoms with van der Waals surface area (Å²) in [7, 11) is 2.00. The average molecular weight is 569 g/mol. The minimum Gasteiger partial charge on any atom is -0.457 e. The van der Waals surface area contributed by atoms with Gasteiger partial charge in [0.15, 0.2) is 0 Å². The zero-order chi connectivity index (χ0) is 28.8. The summed E-state index contributed by atoms with van der Waals surface area (Å²) in [4.78, 5) is 19.0. The number of pyridine rings is 1. The molecule has 2 N–H and O–H groups in total. The number of alkyl halides is 3. The van der Waals surface area contributed by atoms with Gasteiger partial charge in [0, 0.05) is 31.0 Å². The van der Waals surface area contributed by atoms with E-state index in [1.54, 1.807) is 36.4 Å². The van der Waals surface area contributed by atoms with Gasteiger partial charge in [0.25, 0.3) is 5.89 Å². The van der Waals surface area contributed by atoms with E-state index in [9.17, 15) is 18.0 Å². The molecule has 0 saturated carbocycles. The Bertz CT molecular complexity index is 1460. The van der Waals surface area contributed by atoms with Gasteiger partial charge < -0.3 is 29.4 Å². The fourth-order valence-electron chi connectivity index (χ4n) is 4.42. The Morgan fingerprint density at radius 1 is 1.07 bits per heavy atom. The van der Waals surface area contributed by atoms with Crippen LogP contribution < -0.4 is 15.4 Å². The lowest BCUT2D eigenvalue weighted by molar-refractivity contribution is -0.138. The van der Waals surface area contributed by atoms with Crippen molar-refractivity contribution < 1.29 is 31.9 Å². The van der Waals surface area contributed by atoms with E-state index in [0.29, 0.717) is 22.9 Å². The van der Waals surface area contributed by atoms with Crippen LogP contribution in [0.2, 0.25) is 0 Å². The summed E-state index contributed by atoms with van der Waals surface area (Å²) >= 11 is 0. The zero-order valence-electron chi connectivity index (χ0n) is 22.0. The number of aromatic nitrogens is 3. The van der Waals surface area contributed by atoms with Gasteiger partial charge in [-0.2, -0.15) is 13.2 Å². The molecule has 0 aliphatic carbocycles. The van der Waals surface area contributed by atoms with Crippen molar-refractivity contribution in [1.82, 2.24) is 20.1 Å². The number of hydrogen-bond donors (Lipinski definition) is 2. The fraction of sp³-hybridized carbons (Fsp3) is 0.286. The van der Waals surface area contributed by atoms with Crippen molar-refractivity contribution in [3.63, 3.8) is 0 Å². The van der Waals surface area contributed by atoms with Crippen molar-refractivity contribution in [1.29, 1.82) is 0 Å². The molecule has 10 nitrogen and oxygen atoms in total. The first-order valence-corrected chi connectivity index (χ1v) is 12.8. The number of rotatable bonds is 8. The number of hydrogen-bond acceptors (Lipinski definition) is 8. The van der Waals surface area contributed by atoms with Crippen LogP contribution >= 0.6 is 0 Å². The summed E-state index contributed by atoms with van der Waals surface area (Å²) in [5.74, 6) is 1.16. The van der Waals surface area contributed by atoms with Crippen LogP contribution in [0.1, 0.15) is 24.0 Å². The third kappa shape index (κ3) is 7.38. The topological polar surface area (TPSA) is 115 Å². The first kappa shape index (κ1) is 28.1. The van der Waals surface area contributed by atoms with Gasteiger partial charge in [-0.15, -0.1) is 10.2 Å². The molecule has 1 aliphatic rings. The zero-order valence-corrected chi connectivity index (χ0v) is 22.0. The van der Waals surface area contributed by atoms with Crippen molar-refractivity contribution in [2.24, 2.45) is 0 Å². The molecule has 2 aromatic heterocycles. The molecule has 0 atom stereocenters. The molecule has 1 saturated heterocycles. The number of halogens is 3. The Morgan fingerprint density at radius 2 is 1.85 bits per heavy atom. The maximum atomic E-state index is 14.1. The molecular formula is C28H27F3N6O4. The number of urea groups is 1. The largest absolute Gasteiger partial charge is 0.457 e. The van der Waals surface area contributed by atoms with E-state index >= 15 is 0 Å². The molecule has 4 aromatic rings. The Hall–Kier alpha value is -4.49. The van der Waals surface area contributed by atoms with Gasteiger partial charge in [0.2, 0.25) is 6.39 Å². The second-order valence-corrected chi connectivity index (χ2v) is 9.48. The first-order valence-electron chi connectivity index (χ1n) is 12.8. The Balaban J connectivity index is 1.21. The molecule has 41 heavy (non-hydrogen) atoms. The van der Waals surface area contributed by atoms with E-state index in [2.05, 4.69) is 30.7 Å². The lowest BCUT2D eigenvalue weighted by atomic mass is 10.0. The van der Waals surface area contributed by atoms with Crippen LogP contribution in [0, 0.1) is 0 Å². The third-order valence-corrected chi connectivity index (χ3v) is 6.48. The van der Waals surface area contributed by atoms with E-state index in [-0.39, 0.29) is 29.9 Å². The molecule has 5 rings (SSSR count). The monoisotopic (exact) mass is 568 g/mol. The normalized spacial score (nSPS) is 14.5. The summed E-state index contributed by atoms with van der Waals surface area (Å²) in [6, 6.07) is 12.8. The molecule has 1 fully saturated rings. The Morgan fingerprint density at radius 3 is 2.56 bits per heavy atom. The van der Waals surface area contributed by atoms with Crippen LogP contribution in [0.25, 0.3) is 11.6 Å². The molecule has 13 heteroatoms. The van der Waals surface area contributed by atoms with Crippen LogP contribution in [0.4, 0.5) is 29.3 Å². The predicted molar refractivity (Wildman–Crippen MR) is 143 cm³/mol. The van der Waals surface area contributed by atoms with Gasteiger partial charge in [0.05, 0.1) is 24.0 Å². The quantitative estimate of drug-likeness (QED) is 0.258. The number of nitrogens with zero attached hydrogens (tertiary/aromatic N) is 4. The molecule has 0 unspecified atom stereocenters. The van der Waals surface area contributed by atoms with Crippen LogP contribution in [-0.2, 0) is 17.5 Å². The summed E-state index contributed by atoms with van der Waals surface area (Å²) < 4.78 is 59.0. The van der Waals surface area contributed by atoms with Gasteiger partial charge in [0.1, 0.15) is 17.2 Å². The number of carbonyl (C=O) groups is 1. The van der Waals surface area contributed by atoms with E-state index in [0.717, 1.165) is 25.9 Å². The Labute approximate surface area is 233 Å². The van der Waals surface area contributed by atoms with Gasteiger partial charge in [-0.05, 0) is 61.9 Å². The highest BCUT2D eigenvalue weighted by Crippen LogP contribution is 2.38. The number of ether oxygens (including phenoxy) is 2. The summed E-state index contributed by atoms with van der Waals surface area (Å²) in [6.07, 6.45) is -0.564. The molecule has 0 spiro atoms. The second-order valence-electron chi connectivity index (χ2n) is 9.48. The highest BCUT2D eigenvalue weighted by molar-refractivity contribution is 6.00. The van der Waals surface area contributed by atoms with Crippen LogP contribution in [0.5, 0.6) is 11.5 Å². The molecule has 0 bridgehead atoms. The van der Waals surface area contributed by atoms with Crippen LogP contribution in [0.15, 0.2) is 71.6 Å². The lowest BCUT2D eigenvalue weighted by Crippen LogP contribution is -2.34. The molecule has 214 valence electrons. The van der Waals surface area contributed by atoms with Crippen molar-refractivity contribution in [2.45, 2.75) is 31.7 Å². The van der Waals surface area contributed by atoms with Gasteiger partial charge in [-0.3, -0.25) is 4.98 Å². The number of benzene rings is 2. The number of amides is 2. The maximum absolute atomic E-state index is 14.1. The first-order chi connectivity index (χ1) is 19.7. The molecular weight excluding hydrogens is 541 g/mol. The van der Waals surface area contributed by atoms with Crippen molar-refractivity contribution in [3.05, 3.63) is 78.3 Å². The van der Waals surface area contributed by atoms with Crippen LogP contribution in [-0.4, -0.2) is 52.4 Å². The van der Waals surface area contributed by atoms with E-state index in [1.807, 2.05) is 7.05 Å². The summed E-state index contributed by atoms with van der Waals surface area (Å²) in [6.45, 7) is 1.46. The minimum atomic E-state index is -4.69. The molecule has 2 aromatic carbocycles. The van der Waals surface area contributed by atoms with Crippen molar-refractivity contribution in [2.75, 3.05) is 30.8 Å². The predicted octanol–water partition coefficient (Wildman–Crippen LogP) is 6.20. The summed E-state index contributed by atoms with van der Waals surface area (Å²) in [5.41, 5.74) is -0.524. The van der Waals surface area contributed by atoms with Crippen molar-refractivity contribution >= 4 is 17.4 Å². The third-order valence-electron chi connectivity index (χ3n) is 6.48. The number of anilines is 2. The molecule has 1 aliphatic heterocycles. The highest BCUT2D eigenvalue weighted by Gasteiger charge is 2.37. The van der Waals surface area contributed by atoms with E-state index in [4.69, 9.17) is 13.9 Å². The van der Waals surface area contributed by atoms with Gasteiger partial charge in [-0.1, -0.05) is 12.1 Å². The standard InChI is InChI=1S/C28H27F3N6O4/c1-37-13-10-20(11-14-37)39-16-18-3-2-4-23(25(18)28(29,30)31)35-27(38)34-19-5-7-21(8-6-19)41-22-9-12-32-24(15-22)26-36-33-17-40-26/h2-9,12,15,17,20H,10-11,13-14,16H2,1H3,(H2,34,35,38). The number of piperidine rings is 1. The smallest absolute Gasteiger partial charge is 0.418 e. The van der Waals surface area contributed by atoms with E-state index in [1.165, 1.54) is 30.8 Å². The highest BCUT2D eigenvalue weighted by atomic mass is 19.4. The summed E-state index contributed by atoms with van der Waals surface area (Å²) in [5, 5.41) is 12.3. The average Bonchev–Trinajstić information content (AvgIpc) is 3.49. The SMILES string of the molecule is CN1CCC(OCc2cccc(NC(=O)Nc3ccc(Oc4ccnc(-c5nnco5)c4)cc3)c2C(F)(F)F)CC1. The number of carbonyl (C=O) groups excluding carboxylic acids is 1. The number of likely N-dealkylation sites (tertiary alicyclic amines) is 1. The molecule has 3 heterocycles. The van der Waals surface area contributed by atoms with E-state index < -0.39 is 17.8 Å². The Kier molecular flexibility index (Phi) is 8.45. The van der Waals surface area contributed by atoms with Crippen molar-refractivity contribution in [3.8, 4) is 23.1 Å². The van der Waals surface area contributed by atoms with Gasteiger partial charge in [-0.25, -0.2) is 4.79 Å². The minimum absolute atomic E-state index is 0.0332. The molecule has 2 amide bonds. The fourth-order valence-corrected chi connectivity index (χ4v) is 4.42. The second kappa shape index (κ2) is 12.4. The van der Waals surface area contributed by atoms with Gasteiger partial charge >= 0.3 is 12.2 Å². The van der Waals surface area contributed by atoms with Crippen LogP contribution in [0.3, 0.4) is 0 Å². The maximum Gasteiger partial charge on any atom is 0.418 e.